The fraction of sp³-hybridized carbons (Fsp3) is 0.381. The van der Waals surface area contributed by atoms with Gasteiger partial charge in [0.15, 0.2) is 0 Å². The lowest BCUT2D eigenvalue weighted by atomic mass is 10.0. The molecule has 0 aliphatic heterocycles. The summed E-state index contributed by atoms with van der Waals surface area (Å²) in [5.74, 6) is -0.0199. The highest BCUT2D eigenvalue weighted by Crippen LogP contribution is 2.09. The van der Waals surface area contributed by atoms with Crippen molar-refractivity contribution in [3.05, 3.63) is 59.4 Å². The molecule has 0 unspecified atom stereocenters. The fourth-order valence-electron chi connectivity index (χ4n) is 3.05. The van der Waals surface area contributed by atoms with Crippen molar-refractivity contribution in [2.24, 2.45) is 5.92 Å². The minimum atomic E-state index is -0.271. The van der Waals surface area contributed by atoms with Crippen LogP contribution < -0.4 is 16.4 Å². The number of likely N-dealkylation sites (N-methyl/N-ethyl adjacent to an activating group) is 1. The molecule has 1 aromatic heterocycles. The molecule has 2 amide bonds. The van der Waals surface area contributed by atoms with Crippen LogP contribution in [0.15, 0.2) is 42.6 Å². The minimum absolute atomic E-state index is 0.0194. The average Bonchev–Trinajstić information content (AvgIpc) is 2.64. The zero-order chi connectivity index (χ0) is 20.7. The highest BCUT2D eigenvalue weighted by Gasteiger charge is 2.23. The number of hydrogen-bond acceptors (Lipinski definition) is 5. The van der Waals surface area contributed by atoms with E-state index < -0.39 is 0 Å². The van der Waals surface area contributed by atoms with Gasteiger partial charge in [0, 0.05) is 25.0 Å². The SMILES string of the molecule is CC(C)[C@H](C(=O)NCc1ccc(CNC(=O)c2cc(N)ccn2)cc1)N(C)C. The van der Waals surface area contributed by atoms with Crippen LogP contribution in [0.5, 0.6) is 0 Å². The zero-order valence-electron chi connectivity index (χ0n) is 16.9. The van der Waals surface area contributed by atoms with Crippen molar-refractivity contribution in [1.29, 1.82) is 0 Å². The van der Waals surface area contributed by atoms with E-state index in [2.05, 4.69) is 15.6 Å². The fourth-order valence-corrected chi connectivity index (χ4v) is 3.05. The van der Waals surface area contributed by atoms with Crippen LogP contribution in [-0.4, -0.2) is 41.8 Å². The van der Waals surface area contributed by atoms with Crippen molar-refractivity contribution in [3.8, 4) is 0 Å². The van der Waals surface area contributed by atoms with E-state index in [9.17, 15) is 9.59 Å². The summed E-state index contributed by atoms with van der Waals surface area (Å²) in [7, 11) is 3.82. The summed E-state index contributed by atoms with van der Waals surface area (Å²) >= 11 is 0. The summed E-state index contributed by atoms with van der Waals surface area (Å²) in [6, 6.07) is 10.8. The third kappa shape index (κ3) is 6.06. The number of rotatable bonds is 8. The highest BCUT2D eigenvalue weighted by molar-refractivity contribution is 5.92. The monoisotopic (exact) mass is 383 g/mol. The molecule has 0 saturated heterocycles. The number of carbonyl (C=O) groups excluding carboxylic acids is 2. The van der Waals surface area contributed by atoms with Crippen LogP contribution in [0.1, 0.15) is 35.5 Å². The molecule has 0 aliphatic carbocycles. The Morgan fingerprint density at radius 1 is 1.04 bits per heavy atom. The average molecular weight is 383 g/mol. The quantitative estimate of drug-likeness (QED) is 0.645. The molecule has 4 N–H and O–H groups in total. The molecule has 0 aliphatic rings. The summed E-state index contributed by atoms with van der Waals surface area (Å²) in [5, 5.41) is 5.81. The van der Waals surface area contributed by atoms with Crippen LogP contribution in [0, 0.1) is 5.92 Å². The second kappa shape index (κ2) is 9.85. The number of amides is 2. The Bertz CT molecular complexity index is 795. The van der Waals surface area contributed by atoms with Crippen molar-refractivity contribution in [1.82, 2.24) is 20.5 Å². The number of hydrogen-bond donors (Lipinski definition) is 3. The van der Waals surface area contributed by atoms with Crippen molar-refractivity contribution in [3.63, 3.8) is 0 Å². The summed E-state index contributed by atoms with van der Waals surface area (Å²) in [4.78, 5) is 30.4. The van der Waals surface area contributed by atoms with E-state index in [0.717, 1.165) is 11.1 Å². The molecule has 0 bridgehead atoms. The van der Waals surface area contributed by atoms with E-state index in [4.69, 9.17) is 5.73 Å². The van der Waals surface area contributed by atoms with Crippen LogP contribution in [0.2, 0.25) is 0 Å². The van der Waals surface area contributed by atoms with Gasteiger partial charge < -0.3 is 16.4 Å². The van der Waals surface area contributed by atoms with Gasteiger partial charge in [0.05, 0.1) is 6.04 Å². The lowest BCUT2D eigenvalue weighted by Crippen LogP contribution is -2.46. The minimum Gasteiger partial charge on any atom is -0.399 e. The Labute approximate surface area is 166 Å². The molecule has 0 saturated carbocycles. The maximum atomic E-state index is 12.4. The van der Waals surface area contributed by atoms with Crippen LogP contribution in [0.3, 0.4) is 0 Å². The van der Waals surface area contributed by atoms with Crippen LogP contribution in [0.25, 0.3) is 0 Å². The van der Waals surface area contributed by atoms with E-state index >= 15 is 0 Å². The number of carbonyl (C=O) groups is 2. The number of nitrogens with zero attached hydrogens (tertiary/aromatic N) is 2. The van der Waals surface area contributed by atoms with E-state index in [1.165, 1.54) is 6.20 Å². The summed E-state index contributed by atoms with van der Waals surface area (Å²) in [6.45, 7) is 4.92. The molecule has 7 heteroatoms. The third-order valence-corrected chi connectivity index (χ3v) is 4.42. The van der Waals surface area contributed by atoms with Crippen LogP contribution >= 0.6 is 0 Å². The van der Waals surface area contributed by atoms with E-state index in [-0.39, 0.29) is 23.8 Å². The summed E-state index contributed by atoms with van der Waals surface area (Å²) in [6.07, 6.45) is 1.51. The topological polar surface area (TPSA) is 100 Å². The van der Waals surface area contributed by atoms with E-state index in [1.54, 1.807) is 12.1 Å². The molecular formula is C21H29N5O2. The number of nitrogen functional groups attached to an aromatic ring is 1. The van der Waals surface area contributed by atoms with Crippen molar-refractivity contribution in [2.75, 3.05) is 19.8 Å². The van der Waals surface area contributed by atoms with Gasteiger partial charge in [-0.15, -0.1) is 0 Å². The van der Waals surface area contributed by atoms with Crippen molar-refractivity contribution < 1.29 is 9.59 Å². The molecular weight excluding hydrogens is 354 g/mol. The first-order chi connectivity index (χ1) is 13.3. The number of anilines is 1. The lowest BCUT2D eigenvalue weighted by Gasteiger charge is -2.26. The molecule has 1 aromatic carbocycles. The van der Waals surface area contributed by atoms with Gasteiger partial charge in [-0.25, -0.2) is 0 Å². The van der Waals surface area contributed by atoms with Gasteiger partial charge in [-0.05, 0) is 43.3 Å². The van der Waals surface area contributed by atoms with Crippen LogP contribution in [0.4, 0.5) is 5.69 Å². The smallest absolute Gasteiger partial charge is 0.270 e. The first-order valence-electron chi connectivity index (χ1n) is 9.29. The maximum Gasteiger partial charge on any atom is 0.270 e. The number of pyridine rings is 1. The molecule has 1 atom stereocenters. The Morgan fingerprint density at radius 2 is 1.61 bits per heavy atom. The Kier molecular flexibility index (Phi) is 7.52. The second-order valence-electron chi connectivity index (χ2n) is 7.34. The molecule has 2 rings (SSSR count). The van der Waals surface area contributed by atoms with Gasteiger partial charge in [0.25, 0.3) is 5.91 Å². The largest absolute Gasteiger partial charge is 0.399 e. The molecule has 7 nitrogen and oxygen atoms in total. The number of nitrogens with one attached hydrogen (secondary N) is 2. The summed E-state index contributed by atoms with van der Waals surface area (Å²) < 4.78 is 0. The van der Waals surface area contributed by atoms with Crippen molar-refractivity contribution in [2.45, 2.75) is 33.0 Å². The van der Waals surface area contributed by atoms with Gasteiger partial charge in [-0.3, -0.25) is 19.5 Å². The number of benzene rings is 1. The Balaban J connectivity index is 1.86. The molecule has 0 spiro atoms. The van der Waals surface area contributed by atoms with Gasteiger partial charge in [0.1, 0.15) is 5.69 Å². The number of aromatic nitrogens is 1. The van der Waals surface area contributed by atoms with Gasteiger partial charge in [0.2, 0.25) is 5.91 Å². The molecule has 2 aromatic rings. The maximum absolute atomic E-state index is 12.4. The van der Waals surface area contributed by atoms with Crippen molar-refractivity contribution >= 4 is 17.5 Å². The van der Waals surface area contributed by atoms with E-state index in [0.29, 0.717) is 24.5 Å². The van der Waals surface area contributed by atoms with Gasteiger partial charge in [-0.2, -0.15) is 0 Å². The molecule has 28 heavy (non-hydrogen) atoms. The summed E-state index contributed by atoms with van der Waals surface area (Å²) in [5.41, 5.74) is 8.42. The first kappa shape index (κ1) is 21.4. The van der Waals surface area contributed by atoms with Gasteiger partial charge >= 0.3 is 0 Å². The first-order valence-corrected chi connectivity index (χ1v) is 9.29. The Hall–Kier alpha value is -2.93. The molecule has 1 heterocycles. The Morgan fingerprint density at radius 3 is 2.11 bits per heavy atom. The number of nitrogens with two attached hydrogens (primary N) is 1. The zero-order valence-corrected chi connectivity index (χ0v) is 16.9. The standard InChI is InChI=1S/C21H29N5O2/c1-14(2)19(26(3)4)21(28)25-13-16-7-5-15(6-8-16)12-24-20(27)18-11-17(22)9-10-23-18/h5-11,14,19H,12-13H2,1-4H3,(H2,22,23)(H,24,27)(H,25,28)/t19-/m1/s1. The molecule has 0 fully saturated rings. The highest BCUT2D eigenvalue weighted by atomic mass is 16.2. The molecule has 0 radical (unpaired) electrons. The van der Waals surface area contributed by atoms with Crippen LogP contribution in [-0.2, 0) is 17.9 Å². The van der Waals surface area contributed by atoms with Gasteiger partial charge in [-0.1, -0.05) is 38.1 Å². The predicted molar refractivity (Wildman–Crippen MR) is 110 cm³/mol. The van der Waals surface area contributed by atoms with E-state index in [1.807, 2.05) is 57.1 Å². The third-order valence-electron chi connectivity index (χ3n) is 4.42. The normalized spacial score (nSPS) is 12.1. The lowest BCUT2D eigenvalue weighted by molar-refractivity contribution is -0.127. The predicted octanol–water partition coefficient (Wildman–Crippen LogP) is 1.80. The second-order valence-corrected chi connectivity index (χ2v) is 7.34. The molecule has 150 valence electrons.